The lowest BCUT2D eigenvalue weighted by Gasteiger charge is -2.49. The van der Waals surface area contributed by atoms with Crippen LogP contribution < -0.4 is 0 Å². The average Bonchev–Trinajstić information content (AvgIpc) is 3.42. The van der Waals surface area contributed by atoms with E-state index in [0.717, 1.165) is 77.0 Å². The normalized spacial score (nSPS) is 26.3. The zero-order valence-electron chi connectivity index (χ0n) is 19.3. The summed E-state index contributed by atoms with van der Waals surface area (Å²) < 4.78 is 6.48. The van der Waals surface area contributed by atoms with Gasteiger partial charge in [-0.1, -0.05) is 12.1 Å². The number of hydrogen-bond donors (Lipinski definition) is 1. The van der Waals surface area contributed by atoms with Crippen LogP contribution in [0.5, 0.6) is 0 Å². The molecule has 0 radical (unpaired) electrons. The van der Waals surface area contributed by atoms with Crippen LogP contribution in [0.3, 0.4) is 0 Å². The van der Waals surface area contributed by atoms with E-state index in [1.54, 1.807) is 11.1 Å². The van der Waals surface area contributed by atoms with Crippen molar-refractivity contribution in [2.45, 2.75) is 70.4 Å². The Morgan fingerprint density at radius 1 is 1.41 bits per heavy atom. The van der Waals surface area contributed by atoms with Gasteiger partial charge in [0.05, 0.1) is 17.9 Å². The van der Waals surface area contributed by atoms with Crippen molar-refractivity contribution in [2.24, 2.45) is 5.92 Å². The van der Waals surface area contributed by atoms with Gasteiger partial charge in [-0.05, 0) is 50.7 Å². The number of carbonyl (C=O) groups is 1. The number of aromatic amines is 1. The van der Waals surface area contributed by atoms with Gasteiger partial charge >= 0.3 is 0 Å². The summed E-state index contributed by atoms with van der Waals surface area (Å²) in [6.07, 6.45) is 8.40. The van der Waals surface area contributed by atoms with Gasteiger partial charge in [-0.15, -0.1) is 16.4 Å². The van der Waals surface area contributed by atoms with E-state index < -0.39 is 0 Å². The van der Waals surface area contributed by atoms with Gasteiger partial charge in [0.15, 0.2) is 0 Å². The number of nitrogens with zero attached hydrogens (tertiary/aromatic N) is 4. The first kappa shape index (κ1) is 22.0. The van der Waals surface area contributed by atoms with Crippen molar-refractivity contribution in [1.29, 1.82) is 0 Å². The third-order valence-electron chi connectivity index (χ3n) is 7.55. The van der Waals surface area contributed by atoms with Crippen LogP contribution in [-0.4, -0.2) is 69.9 Å². The molecule has 0 bridgehead atoms. The summed E-state index contributed by atoms with van der Waals surface area (Å²) in [7, 11) is 0. The van der Waals surface area contributed by atoms with Crippen molar-refractivity contribution in [2.75, 3.05) is 32.8 Å². The minimum Gasteiger partial charge on any atom is -0.370 e. The molecule has 2 aromatic rings. The number of H-pyrrole nitrogens is 1. The molecule has 1 amide bonds. The minimum absolute atomic E-state index is 0.0706. The number of nitrogens with one attached hydrogen (secondary N) is 1. The van der Waals surface area contributed by atoms with E-state index in [2.05, 4.69) is 40.2 Å². The molecule has 2 aromatic heterocycles. The first-order valence-corrected chi connectivity index (χ1v) is 13.0. The molecular weight excluding hydrogens is 422 g/mol. The quantitative estimate of drug-likeness (QED) is 0.691. The molecule has 5 rings (SSSR count). The molecule has 0 aromatic carbocycles. The van der Waals surface area contributed by atoms with E-state index in [9.17, 15) is 4.79 Å². The van der Waals surface area contributed by atoms with Crippen LogP contribution in [0.15, 0.2) is 12.3 Å². The molecule has 1 spiro atoms. The first-order chi connectivity index (χ1) is 15.6. The Balaban J connectivity index is 1.09. The predicted octanol–water partition coefficient (Wildman–Crippen LogP) is 3.16. The Hall–Kier alpha value is -1.77. The number of aromatic nitrogens is 3. The van der Waals surface area contributed by atoms with Gasteiger partial charge in [0.1, 0.15) is 0 Å². The topological polar surface area (TPSA) is 74.3 Å². The Morgan fingerprint density at radius 3 is 3.03 bits per heavy atom. The second kappa shape index (κ2) is 9.23. The molecule has 8 heteroatoms. The van der Waals surface area contributed by atoms with Gasteiger partial charge in [-0.2, -0.15) is 0 Å². The Labute approximate surface area is 194 Å². The second-order valence-corrected chi connectivity index (χ2v) is 11.0. The third-order valence-corrected chi connectivity index (χ3v) is 8.89. The summed E-state index contributed by atoms with van der Waals surface area (Å²) in [6, 6.07) is 2.94. The number of amides is 1. The second-order valence-electron chi connectivity index (χ2n) is 9.78. The molecule has 2 saturated heterocycles. The van der Waals surface area contributed by atoms with Crippen molar-refractivity contribution in [3.8, 4) is 0 Å². The van der Waals surface area contributed by atoms with Crippen LogP contribution in [0.25, 0.3) is 0 Å². The fourth-order valence-corrected chi connectivity index (χ4v) is 6.87. The summed E-state index contributed by atoms with van der Waals surface area (Å²) >= 11 is 2.00. The highest BCUT2D eigenvalue weighted by Gasteiger charge is 2.45. The lowest BCUT2D eigenvalue weighted by atomic mass is 9.79. The van der Waals surface area contributed by atoms with E-state index in [-0.39, 0.29) is 11.5 Å². The molecule has 5 heterocycles. The minimum atomic E-state index is -0.0706. The van der Waals surface area contributed by atoms with Crippen LogP contribution >= 0.6 is 11.3 Å². The van der Waals surface area contributed by atoms with E-state index in [4.69, 9.17) is 4.74 Å². The molecule has 1 N–H and O–H groups in total. The Morgan fingerprint density at radius 2 is 2.28 bits per heavy atom. The maximum atomic E-state index is 12.5. The van der Waals surface area contributed by atoms with Gasteiger partial charge in [0.2, 0.25) is 5.91 Å². The SMILES string of the molecule is CCc1cc2c(s1)CCO[C@@]21CCN(CC2CN(C(=O)CCCc3c[nH]nn3)C2)[C@@H](C)C1. The molecule has 0 unspecified atom stereocenters. The lowest BCUT2D eigenvalue weighted by Crippen LogP contribution is -2.57. The van der Waals surface area contributed by atoms with Gasteiger partial charge < -0.3 is 14.5 Å². The smallest absolute Gasteiger partial charge is 0.222 e. The molecule has 2 fully saturated rings. The maximum Gasteiger partial charge on any atom is 0.222 e. The van der Waals surface area contributed by atoms with Gasteiger partial charge in [0.25, 0.3) is 0 Å². The molecule has 3 aliphatic heterocycles. The highest BCUT2D eigenvalue weighted by atomic mass is 32.1. The van der Waals surface area contributed by atoms with Crippen molar-refractivity contribution in [3.63, 3.8) is 0 Å². The molecule has 3 aliphatic rings. The van der Waals surface area contributed by atoms with Crippen LogP contribution in [0, 0.1) is 5.92 Å². The fraction of sp³-hybridized carbons (Fsp3) is 0.708. The van der Waals surface area contributed by atoms with E-state index in [1.165, 1.54) is 10.4 Å². The number of thiophene rings is 1. The number of hydrogen-bond acceptors (Lipinski definition) is 6. The third kappa shape index (κ3) is 4.37. The Bertz CT molecular complexity index is 923. The lowest BCUT2D eigenvalue weighted by molar-refractivity contribution is -0.139. The number of ether oxygens (including phenoxy) is 1. The van der Waals surface area contributed by atoms with Gasteiger partial charge in [0, 0.05) is 66.9 Å². The number of rotatable bonds is 7. The standard InChI is InChI=1S/C24H35N5O2S/c1-3-20-11-21-22(32-20)7-10-31-24(21)8-9-28(17(2)12-24)14-18-15-29(16-18)23(30)6-4-5-19-13-25-27-26-19/h11,13,17-18H,3-10,12,14-16H2,1-2H3,(H,25,26,27)/t17-,24+/m0/s1. The van der Waals surface area contributed by atoms with Gasteiger partial charge in [-0.3, -0.25) is 9.89 Å². The van der Waals surface area contributed by atoms with Gasteiger partial charge in [-0.25, -0.2) is 0 Å². The van der Waals surface area contributed by atoms with Crippen molar-refractivity contribution >= 4 is 17.2 Å². The molecule has 0 saturated carbocycles. The zero-order chi connectivity index (χ0) is 22.1. The molecule has 7 nitrogen and oxygen atoms in total. The average molecular weight is 458 g/mol. The molecular formula is C24H35N5O2S. The molecule has 174 valence electrons. The summed E-state index contributed by atoms with van der Waals surface area (Å²) in [6.45, 7) is 9.46. The maximum absolute atomic E-state index is 12.5. The van der Waals surface area contributed by atoms with Crippen molar-refractivity contribution in [3.05, 3.63) is 33.3 Å². The number of likely N-dealkylation sites (tertiary alicyclic amines) is 2. The number of aryl methyl sites for hydroxylation is 2. The molecule has 2 atom stereocenters. The number of fused-ring (bicyclic) bond motifs is 2. The monoisotopic (exact) mass is 457 g/mol. The molecule has 0 aliphatic carbocycles. The van der Waals surface area contributed by atoms with Crippen LogP contribution in [0.1, 0.15) is 60.5 Å². The largest absolute Gasteiger partial charge is 0.370 e. The summed E-state index contributed by atoms with van der Waals surface area (Å²) in [5.74, 6) is 0.879. The van der Waals surface area contributed by atoms with Crippen LogP contribution in [0.4, 0.5) is 0 Å². The fourth-order valence-electron chi connectivity index (χ4n) is 5.69. The van der Waals surface area contributed by atoms with Crippen LogP contribution in [0.2, 0.25) is 0 Å². The van der Waals surface area contributed by atoms with Crippen molar-refractivity contribution in [1.82, 2.24) is 25.2 Å². The summed E-state index contributed by atoms with van der Waals surface area (Å²) in [5, 5.41) is 10.4. The highest BCUT2D eigenvalue weighted by molar-refractivity contribution is 7.12. The number of piperidine rings is 1. The van der Waals surface area contributed by atoms with E-state index in [0.29, 0.717) is 18.4 Å². The van der Waals surface area contributed by atoms with E-state index >= 15 is 0 Å². The van der Waals surface area contributed by atoms with E-state index in [1.807, 2.05) is 16.2 Å². The van der Waals surface area contributed by atoms with Crippen molar-refractivity contribution < 1.29 is 9.53 Å². The molecule has 32 heavy (non-hydrogen) atoms. The van der Waals surface area contributed by atoms with Crippen LogP contribution in [-0.2, 0) is 34.4 Å². The number of carbonyl (C=O) groups excluding carboxylic acids is 1. The summed E-state index contributed by atoms with van der Waals surface area (Å²) in [4.78, 5) is 20.2. The first-order valence-electron chi connectivity index (χ1n) is 12.2. The summed E-state index contributed by atoms with van der Waals surface area (Å²) in [5.41, 5.74) is 2.35. The zero-order valence-corrected chi connectivity index (χ0v) is 20.1. The Kier molecular flexibility index (Phi) is 6.36. The highest BCUT2D eigenvalue weighted by Crippen LogP contribution is 2.46. The predicted molar refractivity (Wildman–Crippen MR) is 125 cm³/mol.